The van der Waals surface area contributed by atoms with Gasteiger partial charge in [0, 0.05) is 36.8 Å². The highest BCUT2D eigenvalue weighted by Crippen LogP contribution is 2.23. The Labute approximate surface area is 145 Å². The highest BCUT2D eigenvalue weighted by Gasteiger charge is 2.25. The third-order valence-electron chi connectivity index (χ3n) is 4.60. The van der Waals surface area contributed by atoms with Crippen molar-refractivity contribution >= 4 is 28.3 Å². The van der Waals surface area contributed by atoms with Crippen LogP contribution in [0.25, 0.3) is 10.9 Å². The van der Waals surface area contributed by atoms with Crippen molar-refractivity contribution < 1.29 is 4.79 Å². The minimum absolute atomic E-state index is 0.0133. The minimum atomic E-state index is 0.0133. The molecule has 1 fully saturated rings. The first kappa shape index (κ1) is 15.5. The second kappa shape index (κ2) is 6.84. The molecular weight excluding hydrogens is 314 g/mol. The molecule has 1 aromatic carbocycles. The van der Waals surface area contributed by atoms with Crippen LogP contribution in [0, 0.1) is 5.92 Å². The number of benzene rings is 1. The van der Waals surface area contributed by atoms with Crippen molar-refractivity contribution in [3.8, 4) is 0 Å². The van der Waals surface area contributed by atoms with Gasteiger partial charge >= 0.3 is 0 Å². The van der Waals surface area contributed by atoms with E-state index in [1.54, 1.807) is 24.8 Å². The number of piperidine rings is 1. The van der Waals surface area contributed by atoms with Crippen LogP contribution in [0.5, 0.6) is 0 Å². The third kappa shape index (κ3) is 3.42. The zero-order valence-corrected chi connectivity index (χ0v) is 13.8. The zero-order chi connectivity index (χ0) is 17.1. The lowest BCUT2D eigenvalue weighted by molar-refractivity contribution is -0.120. The van der Waals surface area contributed by atoms with Gasteiger partial charge in [-0.2, -0.15) is 0 Å². The van der Waals surface area contributed by atoms with Crippen LogP contribution >= 0.6 is 0 Å². The molecule has 1 saturated heterocycles. The molecule has 3 heterocycles. The molecule has 6 nitrogen and oxygen atoms in total. The summed E-state index contributed by atoms with van der Waals surface area (Å²) >= 11 is 0. The second-order valence-corrected chi connectivity index (χ2v) is 6.23. The summed E-state index contributed by atoms with van der Waals surface area (Å²) < 4.78 is 0. The van der Waals surface area contributed by atoms with Gasteiger partial charge in [0.25, 0.3) is 0 Å². The second-order valence-electron chi connectivity index (χ2n) is 6.23. The fourth-order valence-electron chi connectivity index (χ4n) is 3.21. The number of hydrogen-bond donors (Lipinski definition) is 1. The van der Waals surface area contributed by atoms with Crippen LogP contribution in [0.3, 0.4) is 0 Å². The smallest absolute Gasteiger partial charge is 0.227 e. The quantitative estimate of drug-likeness (QED) is 0.798. The molecule has 0 saturated carbocycles. The number of pyridine rings is 1. The number of carbonyl (C=O) groups is 1. The maximum atomic E-state index is 12.6. The summed E-state index contributed by atoms with van der Waals surface area (Å²) in [7, 11) is 0. The van der Waals surface area contributed by atoms with Crippen LogP contribution in [0.4, 0.5) is 11.5 Å². The maximum absolute atomic E-state index is 12.6. The Hall–Kier alpha value is -3.02. The first-order chi connectivity index (χ1) is 12.3. The molecule has 1 aliphatic rings. The lowest BCUT2D eigenvalue weighted by Crippen LogP contribution is -2.38. The highest BCUT2D eigenvalue weighted by atomic mass is 16.1. The lowest BCUT2D eigenvalue weighted by Gasteiger charge is -2.31. The number of amides is 1. The highest BCUT2D eigenvalue weighted by molar-refractivity contribution is 5.94. The molecule has 0 atom stereocenters. The van der Waals surface area contributed by atoms with E-state index >= 15 is 0 Å². The summed E-state index contributed by atoms with van der Waals surface area (Å²) in [4.78, 5) is 27.6. The van der Waals surface area contributed by atoms with Crippen molar-refractivity contribution in [1.82, 2.24) is 15.0 Å². The fourth-order valence-corrected chi connectivity index (χ4v) is 3.21. The lowest BCUT2D eigenvalue weighted by atomic mass is 9.96. The van der Waals surface area contributed by atoms with E-state index in [2.05, 4.69) is 25.2 Å². The Morgan fingerprint density at radius 3 is 2.72 bits per heavy atom. The normalized spacial score (nSPS) is 15.3. The number of rotatable bonds is 3. The van der Waals surface area contributed by atoms with Gasteiger partial charge in [-0.15, -0.1) is 0 Å². The predicted octanol–water partition coefficient (Wildman–Crippen LogP) is 2.88. The molecule has 0 aliphatic carbocycles. The van der Waals surface area contributed by atoms with Crippen LogP contribution < -0.4 is 10.2 Å². The first-order valence-electron chi connectivity index (χ1n) is 8.46. The molecule has 2 aromatic heterocycles. The SMILES string of the molecule is O=C(Nc1cnc2ccccc2c1)C1CCN(c2cnccn2)CC1. The van der Waals surface area contributed by atoms with Gasteiger partial charge in [0.15, 0.2) is 0 Å². The number of para-hydroxylation sites is 1. The van der Waals surface area contributed by atoms with Crippen LogP contribution in [-0.2, 0) is 4.79 Å². The van der Waals surface area contributed by atoms with Gasteiger partial charge in [-0.25, -0.2) is 4.98 Å². The summed E-state index contributed by atoms with van der Waals surface area (Å²) in [6.07, 6.45) is 8.46. The van der Waals surface area contributed by atoms with Crippen molar-refractivity contribution in [3.63, 3.8) is 0 Å². The van der Waals surface area contributed by atoms with Gasteiger partial charge in [0.1, 0.15) is 5.82 Å². The Kier molecular flexibility index (Phi) is 4.24. The predicted molar refractivity (Wildman–Crippen MR) is 97.3 cm³/mol. The Morgan fingerprint density at radius 1 is 1.08 bits per heavy atom. The summed E-state index contributed by atoms with van der Waals surface area (Å²) in [6.45, 7) is 1.62. The first-order valence-corrected chi connectivity index (χ1v) is 8.46. The van der Waals surface area contributed by atoms with Gasteiger partial charge in [-0.3, -0.25) is 14.8 Å². The molecule has 1 amide bonds. The summed E-state index contributed by atoms with van der Waals surface area (Å²) in [5.74, 6) is 0.954. The molecule has 0 radical (unpaired) electrons. The number of hydrogen-bond acceptors (Lipinski definition) is 5. The molecule has 1 N–H and O–H groups in total. The Bertz CT molecular complexity index is 875. The number of carbonyl (C=O) groups excluding carboxylic acids is 1. The molecule has 0 bridgehead atoms. The Morgan fingerprint density at radius 2 is 1.92 bits per heavy atom. The molecule has 3 aromatic rings. The van der Waals surface area contributed by atoms with Gasteiger partial charge in [0.05, 0.1) is 23.6 Å². The van der Waals surface area contributed by atoms with E-state index in [0.717, 1.165) is 48.3 Å². The number of nitrogens with zero attached hydrogens (tertiary/aromatic N) is 4. The van der Waals surface area contributed by atoms with E-state index in [1.165, 1.54) is 0 Å². The molecule has 6 heteroatoms. The van der Waals surface area contributed by atoms with E-state index in [0.29, 0.717) is 0 Å². The van der Waals surface area contributed by atoms with Gasteiger partial charge in [-0.1, -0.05) is 18.2 Å². The van der Waals surface area contributed by atoms with Crippen molar-refractivity contribution in [2.75, 3.05) is 23.3 Å². The average molecular weight is 333 g/mol. The van der Waals surface area contributed by atoms with Crippen LogP contribution in [0.1, 0.15) is 12.8 Å². The molecular formula is C19H19N5O. The molecule has 126 valence electrons. The fraction of sp³-hybridized carbons (Fsp3) is 0.263. The van der Waals surface area contributed by atoms with Crippen molar-refractivity contribution in [2.24, 2.45) is 5.92 Å². The van der Waals surface area contributed by atoms with Crippen LogP contribution in [0.2, 0.25) is 0 Å². The van der Waals surface area contributed by atoms with Crippen molar-refractivity contribution in [3.05, 3.63) is 55.1 Å². The number of fused-ring (bicyclic) bond motifs is 1. The number of nitrogens with one attached hydrogen (secondary N) is 1. The van der Waals surface area contributed by atoms with Crippen molar-refractivity contribution in [1.29, 1.82) is 0 Å². The average Bonchev–Trinajstić information content (AvgIpc) is 2.69. The van der Waals surface area contributed by atoms with E-state index < -0.39 is 0 Å². The van der Waals surface area contributed by atoms with E-state index in [9.17, 15) is 4.79 Å². The standard InChI is InChI=1S/C19H19N5O/c25-19(23-16-11-15-3-1-2-4-17(15)22-12-16)14-5-9-24(10-6-14)18-13-20-7-8-21-18/h1-4,7-8,11-14H,5-6,9-10H2,(H,23,25). The van der Waals surface area contributed by atoms with E-state index in [-0.39, 0.29) is 11.8 Å². The summed E-state index contributed by atoms with van der Waals surface area (Å²) in [6, 6.07) is 9.85. The van der Waals surface area contributed by atoms with Crippen molar-refractivity contribution in [2.45, 2.75) is 12.8 Å². The summed E-state index contributed by atoms with van der Waals surface area (Å²) in [5.41, 5.74) is 1.68. The minimum Gasteiger partial charge on any atom is -0.355 e. The van der Waals surface area contributed by atoms with E-state index in [4.69, 9.17) is 0 Å². The largest absolute Gasteiger partial charge is 0.355 e. The monoisotopic (exact) mass is 333 g/mol. The van der Waals surface area contributed by atoms with Crippen LogP contribution in [0.15, 0.2) is 55.1 Å². The Balaban J connectivity index is 1.38. The van der Waals surface area contributed by atoms with Gasteiger partial charge in [0.2, 0.25) is 5.91 Å². The third-order valence-corrected chi connectivity index (χ3v) is 4.60. The number of aromatic nitrogens is 3. The maximum Gasteiger partial charge on any atom is 0.227 e. The van der Waals surface area contributed by atoms with E-state index in [1.807, 2.05) is 30.3 Å². The molecule has 25 heavy (non-hydrogen) atoms. The molecule has 0 spiro atoms. The molecule has 1 aliphatic heterocycles. The van der Waals surface area contributed by atoms with Gasteiger partial charge < -0.3 is 10.2 Å². The number of anilines is 2. The van der Waals surface area contributed by atoms with Crippen LogP contribution in [-0.4, -0.2) is 33.9 Å². The molecule has 0 unspecified atom stereocenters. The topological polar surface area (TPSA) is 71.0 Å². The molecule has 4 rings (SSSR count). The van der Waals surface area contributed by atoms with Gasteiger partial charge in [-0.05, 0) is 25.0 Å². The zero-order valence-electron chi connectivity index (χ0n) is 13.8. The summed E-state index contributed by atoms with van der Waals surface area (Å²) in [5, 5.41) is 4.04.